The molecule has 0 spiro atoms. The largest absolute Gasteiger partial charge is 0.494 e. The van der Waals surface area contributed by atoms with Crippen molar-refractivity contribution in [2.75, 3.05) is 11.3 Å². The summed E-state index contributed by atoms with van der Waals surface area (Å²) in [5.41, 5.74) is 2.17. The van der Waals surface area contributed by atoms with Gasteiger partial charge in [-0.05, 0) is 42.1 Å². The van der Waals surface area contributed by atoms with Crippen molar-refractivity contribution in [3.63, 3.8) is 0 Å². The number of thiophene rings is 1. The molecule has 2 aromatic carbocycles. The number of anilines is 1. The summed E-state index contributed by atoms with van der Waals surface area (Å²) in [7, 11) is -3.92. The van der Waals surface area contributed by atoms with Crippen molar-refractivity contribution in [1.29, 1.82) is 0 Å². The molecular weight excluding hydrogens is 476 g/mol. The van der Waals surface area contributed by atoms with Crippen LogP contribution in [0.2, 0.25) is 0 Å². The molecule has 0 aliphatic heterocycles. The van der Waals surface area contributed by atoms with E-state index in [2.05, 4.69) is 14.8 Å². The van der Waals surface area contributed by atoms with E-state index in [1.165, 1.54) is 22.7 Å². The van der Waals surface area contributed by atoms with Crippen molar-refractivity contribution in [3.05, 3.63) is 77.8 Å². The molecule has 0 amide bonds. The van der Waals surface area contributed by atoms with Crippen LogP contribution in [0.15, 0.2) is 77.1 Å². The van der Waals surface area contributed by atoms with Gasteiger partial charge in [0.25, 0.3) is 10.0 Å². The zero-order valence-electron chi connectivity index (χ0n) is 17.6. The van der Waals surface area contributed by atoms with E-state index in [4.69, 9.17) is 4.74 Å². The maximum Gasteiger partial charge on any atom is 0.267 e. The number of fused-ring (bicyclic) bond motifs is 1. The molecule has 0 bridgehead atoms. The smallest absolute Gasteiger partial charge is 0.267 e. The van der Waals surface area contributed by atoms with E-state index in [0.717, 1.165) is 20.9 Å². The highest BCUT2D eigenvalue weighted by Gasteiger charge is 2.25. The molecule has 10 heteroatoms. The van der Waals surface area contributed by atoms with Crippen molar-refractivity contribution in [2.24, 2.45) is 0 Å². The quantitative estimate of drug-likeness (QED) is 0.308. The summed E-state index contributed by atoms with van der Waals surface area (Å²) in [6, 6.07) is 19.1. The Morgan fingerprint density at radius 1 is 1.09 bits per heavy atom. The van der Waals surface area contributed by atoms with Crippen molar-refractivity contribution in [1.82, 2.24) is 14.8 Å². The van der Waals surface area contributed by atoms with Crippen LogP contribution in [0.5, 0.6) is 5.75 Å². The van der Waals surface area contributed by atoms with Gasteiger partial charge in [0.2, 0.25) is 0 Å². The Bertz CT molecular complexity index is 1490. The number of aromatic nitrogens is 3. The van der Waals surface area contributed by atoms with E-state index in [9.17, 15) is 8.42 Å². The summed E-state index contributed by atoms with van der Waals surface area (Å²) in [5, 5.41) is 6.80. The third-order valence-corrected chi connectivity index (χ3v) is 8.13. The number of thiazole rings is 1. The number of rotatable bonds is 8. The molecule has 0 saturated heterocycles. The molecule has 0 atom stereocenters. The molecule has 0 aliphatic rings. The normalized spacial score (nSPS) is 11.7. The average Bonchev–Trinajstić information content (AvgIpc) is 3.53. The lowest BCUT2D eigenvalue weighted by Gasteiger charge is -2.04. The van der Waals surface area contributed by atoms with Crippen LogP contribution < -0.4 is 9.46 Å². The summed E-state index contributed by atoms with van der Waals surface area (Å²) < 4.78 is 37.5. The first-order chi connectivity index (χ1) is 16.0. The lowest BCUT2D eigenvalue weighted by atomic mass is 10.2. The second-order valence-corrected chi connectivity index (χ2v) is 10.8. The van der Waals surface area contributed by atoms with E-state index >= 15 is 0 Å². The van der Waals surface area contributed by atoms with E-state index in [1.54, 1.807) is 10.9 Å². The summed E-state index contributed by atoms with van der Waals surface area (Å²) >= 11 is 2.71. The number of benzene rings is 2. The number of ether oxygens (including phenoxy) is 1. The Labute approximate surface area is 199 Å². The van der Waals surface area contributed by atoms with Crippen LogP contribution in [0.3, 0.4) is 0 Å². The van der Waals surface area contributed by atoms with Gasteiger partial charge >= 0.3 is 0 Å². The molecular formula is C23H20N4O3S3. The van der Waals surface area contributed by atoms with Crippen LogP contribution in [-0.4, -0.2) is 29.8 Å². The predicted octanol–water partition coefficient (Wildman–Crippen LogP) is 5.47. The number of hydrogen-bond donors (Lipinski definition) is 1. The number of nitrogens with zero attached hydrogens (tertiary/aromatic N) is 3. The molecule has 5 aromatic rings. The van der Waals surface area contributed by atoms with Crippen molar-refractivity contribution in [2.45, 2.75) is 18.4 Å². The lowest BCUT2D eigenvalue weighted by molar-refractivity contribution is 0.341. The molecule has 0 saturated carbocycles. The standard InChI is InChI=1S/C23H20N4O3S3/c1-2-30-17-10-11-18-20(13-17)32-23(24-18)26-33(28,29)21-15-27(14-16-7-4-3-5-8-16)25-22(21)19-9-6-12-31-19/h3-13,15H,2,14H2,1H3,(H,24,26). The monoisotopic (exact) mass is 496 g/mol. The topological polar surface area (TPSA) is 86.1 Å². The van der Waals surface area contributed by atoms with Gasteiger partial charge in [-0.1, -0.05) is 47.7 Å². The zero-order valence-corrected chi connectivity index (χ0v) is 20.1. The highest BCUT2D eigenvalue weighted by molar-refractivity contribution is 7.93. The fraction of sp³-hybridized carbons (Fsp3) is 0.130. The Hall–Kier alpha value is -3.21. The summed E-state index contributed by atoms with van der Waals surface area (Å²) in [5.74, 6) is 0.727. The van der Waals surface area contributed by atoms with E-state index < -0.39 is 10.0 Å². The molecule has 33 heavy (non-hydrogen) atoms. The van der Waals surface area contributed by atoms with Gasteiger partial charge < -0.3 is 4.74 Å². The first-order valence-electron chi connectivity index (χ1n) is 10.2. The average molecular weight is 497 g/mol. The van der Waals surface area contributed by atoms with E-state index in [-0.39, 0.29) is 4.90 Å². The van der Waals surface area contributed by atoms with Gasteiger partial charge in [-0.3, -0.25) is 9.40 Å². The van der Waals surface area contributed by atoms with Crippen LogP contribution >= 0.6 is 22.7 Å². The SMILES string of the molecule is CCOc1ccc2nc(NS(=O)(=O)c3cn(Cc4ccccc4)nc3-c3cccs3)sc2c1. The maximum absolute atomic E-state index is 13.4. The molecule has 3 heterocycles. The Morgan fingerprint density at radius 2 is 1.94 bits per heavy atom. The van der Waals surface area contributed by atoms with Crippen LogP contribution in [0.4, 0.5) is 5.13 Å². The molecule has 0 fully saturated rings. The molecule has 0 radical (unpaired) electrons. The molecule has 5 rings (SSSR count). The Kier molecular flexibility index (Phi) is 5.88. The Morgan fingerprint density at radius 3 is 2.70 bits per heavy atom. The summed E-state index contributed by atoms with van der Waals surface area (Å²) in [6.07, 6.45) is 1.57. The van der Waals surface area contributed by atoms with Gasteiger partial charge in [0.15, 0.2) is 5.13 Å². The first kappa shape index (κ1) is 21.6. The number of sulfonamides is 1. The number of hydrogen-bond acceptors (Lipinski definition) is 7. The molecule has 0 aliphatic carbocycles. The van der Waals surface area contributed by atoms with Crippen LogP contribution in [0, 0.1) is 0 Å². The van der Waals surface area contributed by atoms with E-state index in [0.29, 0.717) is 29.5 Å². The van der Waals surface area contributed by atoms with Crippen LogP contribution in [0.1, 0.15) is 12.5 Å². The van der Waals surface area contributed by atoms with Crippen LogP contribution in [0.25, 0.3) is 20.8 Å². The second-order valence-electron chi connectivity index (χ2n) is 7.19. The zero-order chi connectivity index (χ0) is 22.8. The molecule has 168 valence electrons. The van der Waals surface area contributed by atoms with Gasteiger partial charge in [0.1, 0.15) is 16.3 Å². The van der Waals surface area contributed by atoms with Gasteiger partial charge in [-0.2, -0.15) is 5.10 Å². The molecule has 0 unspecified atom stereocenters. The van der Waals surface area contributed by atoms with Crippen molar-refractivity contribution in [3.8, 4) is 16.3 Å². The third kappa shape index (κ3) is 4.63. The lowest BCUT2D eigenvalue weighted by Crippen LogP contribution is -2.13. The predicted molar refractivity (Wildman–Crippen MR) is 133 cm³/mol. The highest BCUT2D eigenvalue weighted by Crippen LogP contribution is 2.34. The van der Waals surface area contributed by atoms with Gasteiger partial charge in [-0.25, -0.2) is 13.4 Å². The summed E-state index contributed by atoms with van der Waals surface area (Å²) in [6.45, 7) is 2.94. The van der Waals surface area contributed by atoms with E-state index in [1.807, 2.05) is 73.0 Å². The van der Waals surface area contributed by atoms with Crippen molar-refractivity contribution < 1.29 is 13.2 Å². The summed E-state index contributed by atoms with van der Waals surface area (Å²) in [4.78, 5) is 5.35. The second kappa shape index (κ2) is 8.97. The van der Waals surface area contributed by atoms with Crippen molar-refractivity contribution >= 4 is 48.0 Å². The fourth-order valence-electron chi connectivity index (χ4n) is 3.41. The minimum Gasteiger partial charge on any atom is -0.494 e. The molecule has 1 N–H and O–H groups in total. The number of nitrogens with one attached hydrogen (secondary N) is 1. The van der Waals surface area contributed by atoms with Gasteiger partial charge in [0, 0.05) is 6.20 Å². The maximum atomic E-state index is 13.4. The fourth-order valence-corrected chi connectivity index (χ4v) is 6.49. The van der Waals surface area contributed by atoms with Gasteiger partial charge in [0.05, 0.1) is 28.2 Å². The first-order valence-corrected chi connectivity index (χ1v) is 13.4. The van der Waals surface area contributed by atoms with Crippen LogP contribution in [-0.2, 0) is 16.6 Å². The molecule has 7 nitrogen and oxygen atoms in total. The highest BCUT2D eigenvalue weighted by atomic mass is 32.2. The third-order valence-electron chi connectivity index (χ3n) is 4.85. The minimum absolute atomic E-state index is 0.121. The Balaban J connectivity index is 1.49. The minimum atomic E-state index is -3.92. The van der Waals surface area contributed by atoms with Gasteiger partial charge in [-0.15, -0.1) is 11.3 Å². The molecule has 3 aromatic heterocycles.